The van der Waals surface area contributed by atoms with Crippen LogP contribution in [0, 0.1) is 18.3 Å². The lowest BCUT2D eigenvalue weighted by Gasteiger charge is -2.21. The molecule has 0 unspecified atom stereocenters. The van der Waals surface area contributed by atoms with Gasteiger partial charge in [0.05, 0.1) is 38.7 Å². The van der Waals surface area contributed by atoms with Gasteiger partial charge in [-0.1, -0.05) is 30.3 Å². The minimum atomic E-state index is -0.497. The molecule has 0 fully saturated rings. The van der Waals surface area contributed by atoms with Gasteiger partial charge in [-0.15, -0.1) is 11.3 Å². The lowest BCUT2D eigenvalue weighted by Crippen LogP contribution is -2.28. The number of nitrogens with two attached hydrogens (primary N) is 1. The van der Waals surface area contributed by atoms with Crippen molar-refractivity contribution in [2.24, 2.45) is 0 Å². The van der Waals surface area contributed by atoms with Gasteiger partial charge in [-0.05, 0) is 32.0 Å². The SMILES string of the molecule is Cc1ncc(-c2cccc3nc([C@@H](C)Nc4nc(N)ncc4C#N)n(-c4ccccc4)c(=O)c23)s1. The van der Waals surface area contributed by atoms with Crippen molar-refractivity contribution in [3.63, 3.8) is 0 Å². The average Bonchev–Trinajstić information content (AvgIpc) is 3.30. The fraction of sp³-hybridized carbons (Fsp3) is 0.120. The maximum atomic E-state index is 14.1. The maximum absolute atomic E-state index is 14.1. The van der Waals surface area contributed by atoms with Gasteiger partial charge >= 0.3 is 0 Å². The molecule has 35 heavy (non-hydrogen) atoms. The molecular formula is C25H20N8OS. The van der Waals surface area contributed by atoms with Gasteiger partial charge in [0.25, 0.3) is 5.56 Å². The molecule has 0 aliphatic rings. The minimum absolute atomic E-state index is 0.0371. The normalized spacial score (nSPS) is 11.8. The number of nitrogen functional groups attached to an aromatic ring is 1. The molecule has 9 nitrogen and oxygen atoms in total. The number of nitrogens with one attached hydrogen (secondary N) is 1. The van der Waals surface area contributed by atoms with Crippen molar-refractivity contribution in [2.45, 2.75) is 19.9 Å². The molecule has 0 bridgehead atoms. The Morgan fingerprint density at radius 1 is 1.09 bits per heavy atom. The van der Waals surface area contributed by atoms with Crippen LogP contribution in [0.25, 0.3) is 27.0 Å². The third-order valence-electron chi connectivity index (χ3n) is 5.49. The first kappa shape index (κ1) is 22.2. The van der Waals surface area contributed by atoms with E-state index in [1.807, 2.05) is 62.4 Å². The number of fused-ring (bicyclic) bond motifs is 1. The van der Waals surface area contributed by atoms with E-state index in [4.69, 9.17) is 10.7 Å². The minimum Gasteiger partial charge on any atom is -0.368 e. The number of aromatic nitrogens is 5. The predicted octanol–water partition coefficient (Wildman–Crippen LogP) is 4.23. The Morgan fingerprint density at radius 3 is 2.60 bits per heavy atom. The molecule has 1 atom stereocenters. The summed E-state index contributed by atoms with van der Waals surface area (Å²) in [5.41, 5.74) is 7.81. The van der Waals surface area contributed by atoms with E-state index < -0.39 is 6.04 Å². The molecule has 5 rings (SSSR count). The summed E-state index contributed by atoms with van der Waals surface area (Å²) in [4.78, 5) is 32.3. The van der Waals surface area contributed by atoms with E-state index in [1.165, 1.54) is 17.5 Å². The fourth-order valence-corrected chi connectivity index (χ4v) is 4.72. The number of hydrogen-bond acceptors (Lipinski definition) is 9. The molecule has 0 aliphatic heterocycles. The van der Waals surface area contributed by atoms with Crippen LogP contribution in [0.2, 0.25) is 0 Å². The Labute approximate surface area is 204 Å². The zero-order valence-electron chi connectivity index (χ0n) is 18.9. The lowest BCUT2D eigenvalue weighted by atomic mass is 10.1. The number of hydrogen-bond donors (Lipinski definition) is 2. The molecule has 2 aromatic carbocycles. The van der Waals surface area contributed by atoms with Gasteiger partial charge in [0.1, 0.15) is 23.3 Å². The quantitative estimate of drug-likeness (QED) is 0.381. The number of nitriles is 1. The number of rotatable bonds is 5. The van der Waals surface area contributed by atoms with Crippen LogP contribution in [0.3, 0.4) is 0 Å². The second-order valence-corrected chi connectivity index (χ2v) is 9.09. The first-order valence-corrected chi connectivity index (χ1v) is 11.6. The second kappa shape index (κ2) is 8.96. The summed E-state index contributed by atoms with van der Waals surface area (Å²) in [6.07, 6.45) is 3.14. The van der Waals surface area contributed by atoms with Crippen molar-refractivity contribution in [3.8, 4) is 22.2 Å². The zero-order valence-corrected chi connectivity index (χ0v) is 19.7. The topological polar surface area (TPSA) is 135 Å². The van der Waals surface area contributed by atoms with Crippen LogP contribution in [0.4, 0.5) is 11.8 Å². The first-order chi connectivity index (χ1) is 17.0. The molecule has 0 radical (unpaired) electrons. The van der Waals surface area contributed by atoms with Crippen molar-refractivity contribution in [1.29, 1.82) is 5.26 Å². The van der Waals surface area contributed by atoms with Gasteiger partial charge in [-0.2, -0.15) is 10.2 Å². The molecule has 0 spiro atoms. The summed E-state index contributed by atoms with van der Waals surface area (Å²) in [6, 6.07) is 16.5. The monoisotopic (exact) mass is 480 g/mol. The smallest absolute Gasteiger partial charge is 0.266 e. The van der Waals surface area contributed by atoms with E-state index in [0.717, 1.165) is 15.4 Å². The molecule has 3 aromatic heterocycles. The first-order valence-electron chi connectivity index (χ1n) is 10.8. The standard InChI is InChI=1S/C25H20N8OS/c1-14(30-22-16(11-26)12-29-25(27)32-22)23-31-19-10-6-9-18(20-13-28-15(2)35-20)21(19)24(34)33(23)17-7-4-3-5-8-17/h3-10,12-14H,1-2H3,(H3,27,29,30,32)/t14-/m1/s1. The zero-order chi connectivity index (χ0) is 24.5. The molecular weight excluding hydrogens is 460 g/mol. The van der Waals surface area contributed by atoms with Crippen molar-refractivity contribution in [1.82, 2.24) is 24.5 Å². The number of thiazole rings is 1. The third kappa shape index (κ3) is 4.09. The summed E-state index contributed by atoms with van der Waals surface area (Å²) < 4.78 is 1.59. The van der Waals surface area contributed by atoms with E-state index in [9.17, 15) is 10.1 Å². The highest BCUT2D eigenvalue weighted by molar-refractivity contribution is 7.15. The number of para-hydroxylation sites is 1. The van der Waals surface area contributed by atoms with Crippen molar-refractivity contribution in [3.05, 3.63) is 87.7 Å². The van der Waals surface area contributed by atoms with E-state index in [0.29, 0.717) is 22.4 Å². The van der Waals surface area contributed by atoms with Gasteiger partial charge in [0, 0.05) is 11.8 Å². The van der Waals surface area contributed by atoms with E-state index >= 15 is 0 Å². The van der Waals surface area contributed by atoms with Gasteiger partial charge in [-0.3, -0.25) is 9.36 Å². The molecule has 10 heteroatoms. The molecule has 0 aliphatic carbocycles. The van der Waals surface area contributed by atoms with Gasteiger partial charge in [0.15, 0.2) is 0 Å². The van der Waals surface area contributed by atoms with Crippen molar-refractivity contribution < 1.29 is 0 Å². The van der Waals surface area contributed by atoms with Crippen LogP contribution < -0.4 is 16.6 Å². The lowest BCUT2D eigenvalue weighted by molar-refractivity contribution is 0.731. The Hall–Kier alpha value is -4.62. The molecule has 0 amide bonds. The Balaban J connectivity index is 1.74. The van der Waals surface area contributed by atoms with E-state index in [2.05, 4.69) is 26.3 Å². The number of benzene rings is 2. The number of anilines is 2. The molecule has 172 valence electrons. The number of aryl methyl sites for hydroxylation is 1. The predicted molar refractivity (Wildman–Crippen MR) is 136 cm³/mol. The summed E-state index contributed by atoms with van der Waals surface area (Å²) in [7, 11) is 0. The van der Waals surface area contributed by atoms with Crippen LogP contribution in [0.15, 0.2) is 65.7 Å². The third-order valence-corrected chi connectivity index (χ3v) is 6.44. The summed E-state index contributed by atoms with van der Waals surface area (Å²) in [5, 5.41) is 14.1. The highest BCUT2D eigenvalue weighted by atomic mass is 32.1. The average molecular weight is 481 g/mol. The fourth-order valence-electron chi connectivity index (χ4n) is 3.91. The number of nitrogens with zero attached hydrogens (tertiary/aromatic N) is 6. The Kier molecular flexibility index (Phi) is 5.68. The summed E-state index contributed by atoms with van der Waals surface area (Å²) in [5.74, 6) is 0.776. The second-order valence-electron chi connectivity index (χ2n) is 7.86. The Morgan fingerprint density at radius 2 is 1.89 bits per heavy atom. The van der Waals surface area contributed by atoms with Crippen LogP contribution in [0.1, 0.15) is 29.4 Å². The maximum Gasteiger partial charge on any atom is 0.266 e. The summed E-state index contributed by atoms with van der Waals surface area (Å²) in [6.45, 7) is 3.78. The highest BCUT2D eigenvalue weighted by Gasteiger charge is 2.22. The molecule has 3 N–H and O–H groups in total. The van der Waals surface area contributed by atoms with Gasteiger partial charge in [0.2, 0.25) is 5.95 Å². The molecule has 3 heterocycles. The van der Waals surface area contributed by atoms with Crippen LogP contribution in [0.5, 0.6) is 0 Å². The van der Waals surface area contributed by atoms with Crippen LogP contribution in [-0.4, -0.2) is 24.5 Å². The van der Waals surface area contributed by atoms with Crippen LogP contribution >= 0.6 is 11.3 Å². The molecule has 0 saturated heterocycles. The van der Waals surface area contributed by atoms with Gasteiger partial charge < -0.3 is 11.1 Å². The summed E-state index contributed by atoms with van der Waals surface area (Å²) >= 11 is 1.53. The van der Waals surface area contributed by atoms with E-state index in [-0.39, 0.29) is 22.9 Å². The van der Waals surface area contributed by atoms with Crippen LogP contribution in [-0.2, 0) is 0 Å². The van der Waals surface area contributed by atoms with E-state index in [1.54, 1.807) is 10.8 Å². The molecule has 0 saturated carbocycles. The van der Waals surface area contributed by atoms with Crippen molar-refractivity contribution in [2.75, 3.05) is 11.1 Å². The van der Waals surface area contributed by atoms with Gasteiger partial charge in [-0.25, -0.2) is 15.0 Å². The Bertz CT molecular complexity index is 1650. The largest absolute Gasteiger partial charge is 0.368 e. The molecule has 5 aromatic rings. The highest BCUT2D eigenvalue weighted by Crippen LogP contribution is 2.31. The van der Waals surface area contributed by atoms with Crippen molar-refractivity contribution >= 4 is 34.0 Å².